The lowest BCUT2D eigenvalue weighted by Gasteiger charge is -2.20. The van der Waals surface area contributed by atoms with Gasteiger partial charge in [0.25, 0.3) is 5.91 Å². The van der Waals surface area contributed by atoms with E-state index < -0.39 is 11.4 Å². The van der Waals surface area contributed by atoms with Gasteiger partial charge < -0.3 is 10.0 Å². The normalized spacial score (nSPS) is 22.6. The van der Waals surface area contributed by atoms with Crippen LogP contribution in [-0.2, 0) is 4.79 Å². The quantitative estimate of drug-likeness (QED) is 0.914. The van der Waals surface area contributed by atoms with Crippen molar-refractivity contribution in [2.24, 2.45) is 5.41 Å². The number of benzene rings is 1. The maximum absolute atomic E-state index is 12.3. The zero-order valence-electron chi connectivity index (χ0n) is 10.3. The number of carbonyl (C=O) groups excluding carboxylic acids is 1. The van der Waals surface area contributed by atoms with Gasteiger partial charge >= 0.3 is 5.97 Å². The van der Waals surface area contributed by atoms with Crippen LogP contribution in [0.4, 0.5) is 0 Å². The molecular formula is C13H13Cl2NO3. The smallest absolute Gasteiger partial charge is 0.311 e. The number of halogens is 2. The number of aliphatic carboxylic acids is 1. The second-order valence-electron chi connectivity index (χ2n) is 4.94. The monoisotopic (exact) mass is 301 g/mol. The zero-order chi connectivity index (χ0) is 14.2. The van der Waals surface area contributed by atoms with Gasteiger partial charge in [-0.3, -0.25) is 9.59 Å². The van der Waals surface area contributed by atoms with Crippen molar-refractivity contribution in [1.82, 2.24) is 4.90 Å². The third-order valence-electron chi connectivity index (χ3n) is 3.46. The Morgan fingerprint density at radius 1 is 1.37 bits per heavy atom. The fraction of sp³-hybridized carbons (Fsp3) is 0.385. The van der Waals surface area contributed by atoms with E-state index in [1.54, 1.807) is 25.1 Å². The second kappa shape index (κ2) is 5.02. The number of likely N-dealkylation sites (tertiary alicyclic amines) is 1. The number of carboxylic acid groups (broad SMARTS) is 1. The van der Waals surface area contributed by atoms with Crippen LogP contribution in [0.3, 0.4) is 0 Å². The molecule has 1 aliphatic heterocycles. The van der Waals surface area contributed by atoms with Gasteiger partial charge in [-0.05, 0) is 25.5 Å². The van der Waals surface area contributed by atoms with Crippen LogP contribution in [0.5, 0.6) is 0 Å². The largest absolute Gasteiger partial charge is 0.481 e. The summed E-state index contributed by atoms with van der Waals surface area (Å²) < 4.78 is 0. The first-order valence-electron chi connectivity index (χ1n) is 5.82. The lowest BCUT2D eigenvalue weighted by molar-refractivity contribution is -0.147. The summed E-state index contributed by atoms with van der Waals surface area (Å²) in [7, 11) is 0. The van der Waals surface area contributed by atoms with Crippen molar-refractivity contribution in [3.63, 3.8) is 0 Å². The first-order valence-corrected chi connectivity index (χ1v) is 6.57. The summed E-state index contributed by atoms with van der Waals surface area (Å²) in [4.78, 5) is 25.0. The minimum absolute atomic E-state index is 0.185. The van der Waals surface area contributed by atoms with Crippen LogP contribution in [0, 0.1) is 5.41 Å². The van der Waals surface area contributed by atoms with E-state index in [0.29, 0.717) is 23.6 Å². The Balaban J connectivity index is 2.23. The minimum atomic E-state index is -0.889. The van der Waals surface area contributed by atoms with Crippen molar-refractivity contribution in [2.75, 3.05) is 13.1 Å². The number of nitrogens with zero attached hydrogens (tertiary/aromatic N) is 1. The summed E-state index contributed by atoms with van der Waals surface area (Å²) in [6.07, 6.45) is 0.437. The SMILES string of the molecule is C[C@]1(C(=O)O)CCN(C(=O)c2cccc(Cl)c2Cl)C1. The van der Waals surface area contributed by atoms with Gasteiger partial charge in [0.15, 0.2) is 0 Å². The maximum Gasteiger partial charge on any atom is 0.311 e. The van der Waals surface area contributed by atoms with E-state index in [2.05, 4.69) is 0 Å². The van der Waals surface area contributed by atoms with Gasteiger partial charge in [-0.25, -0.2) is 0 Å². The molecule has 0 aromatic heterocycles. The third-order valence-corrected chi connectivity index (χ3v) is 4.28. The van der Waals surface area contributed by atoms with Gasteiger partial charge in [-0.15, -0.1) is 0 Å². The van der Waals surface area contributed by atoms with Crippen molar-refractivity contribution in [3.05, 3.63) is 33.8 Å². The molecule has 1 amide bonds. The van der Waals surface area contributed by atoms with Crippen LogP contribution in [0.2, 0.25) is 10.0 Å². The molecule has 6 heteroatoms. The maximum atomic E-state index is 12.3. The van der Waals surface area contributed by atoms with Gasteiger partial charge in [0.1, 0.15) is 0 Å². The summed E-state index contributed by atoms with van der Waals surface area (Å²) in [5.41, 5.74) is -0.579. The lowest BCUT2D eigenvalue weighted by Crippen LogP contribution is -2.35. The molecule has 1 N–H and O–H groups in total. The Morgan fingerprint density at radius 2 is 2.05 bits per heavy atom. The summed E-state index contributed by atoms with van der Waals surface area (Å²) >= 11 is 11.9. The Bertz CT molecular complexity index is 547. The van der Waals surface area contributed by atoms with Gasteiger partial charge in [0.05, 0.1) is 21.0 Å². The number of carbonyl (C=O) groups is 2. The van der Waals surface area contributed by atoms with Crippen molar-refractivity contribution >= 4 is 35.1 Å². The molecule has 19 heavy (non-hydrogen) atoms. The van der Waals surface area contributed by atoms with Gasteiger partial charge in [0.2, 0.25) is 0 Å². The van der Waals surface area contributed by atoms with Crippen LogP contribution < -0.4 is 0 Å². The fourth-order valence-electron chi connectivity index (χ4n) is 2.15. The molecule has 1 saturated heterocycles. The Morgan fingerprint density at radius 3 is 2.63 bits per heavy atom. The molecule has 1 aromatic carbocycles. The Kier molecular flexibility index (Phi) is 3.74. The molecule has 4 nitrogen and oxygen atoms in total. The first-order chi connectivity index (χ1) is 8.85. The van der Waals surface area contributed by atoms with E-state index in [4.69, 9.17) is 28.3 Å². The summed E-state index contributed by atoms with van der Waals surface area (Å²) in [5, 5.41) is 9.68. The van der Waals surface area contributed by atoms with Crippen LogP contribution in [0.15, 0.2) is 18.2 Å². The van der Waals surface area contributed by atoms with Crippen molar-refractivity contribution < 1.29 is 14.7 Å². The van der Waals surface area contributed by atoms with E-state index in [0.717, 1.165) is 0 Å². The highest BCUT2D eigenvalue weighted by atomic mass is 35.5. The molecular weight excluding hydrogens is 289 g/mol. The molecule has 2 rings (SSSR count). The zero-order valence-corrected chi connectivity index (χ0v) is 11.8. The predicted molar refractivity (Wildman–Crippen MR) is 72.7 cm³/mol. The Hall–Kier alpha value is -1.26. The van der Waals surface area contributed by atoms with E-state index in [9.17, 15) is 9.59 Å². The minimum Gasteiger partial charge on any atom is -0.481 e. The van der Waals surface area contributed by atoms with E-state index in [1.807, 2.05) is 0 Å². The molecule has 0 radical (unpaired) electrons. The number of hydrogen-bond donors (Lipinski definition) is 1. The fourth-order valence-corrected chi connectivity index (χ4v) is 2.53. The summed E-state index contributed by atoms with van der Waals surface area (Å²) in [6, 6.07) is 4.84. The number of amides is 1. The average Bonchev–Trinajstić information content (AvgIpc) is 2.76. The highest BCUT2D eigenvalue weighted by molar-refractivity contribution is 6.43. The third kappa shape index (κ3) is 2.55. The highest BCUT2D eigenvalue weighted by Crippen LogP contribution is 2.33. The lowest BCUT2D eigenvalue weighted by atomic mass is 9.90. The van der Waals surface area contributed by atoms with Crippen LogP contribution >= 0.6 is 23.2 Å². The Labute approximate surface area is 120 Å². The first kappa shape index (κ1) is 14.2. The molecule has 0 unspecified atom stereocenters. The van der Waals surface area contributed by atoms with Crippen LogP contribution in [0.25, 0.3) is 0 Å². The van der Waals surface area contributed by atoms with Gasteiger partial charge in [-0.2, -0.15) is 0 Å². The molecule has 1 aromatic rings. The van der Waals surface area contributed by atoms with Crippen molar-refractivity contribution in [1.29, 1.82) is 0 Å². The summed E-state index contributed by atoms with van der Waals surface area (Å²) in [6.45, 7) is 2.23. The average molecular weight is 302 g/mol. The standard InChI is InChI=1S/C13H13Cl2NO3/c1-13(12(18)19)5-6-16(7-13)11(17)8-3-2-4-9(14)10(8)15/h2-4H,5-7H2,1H3,(H,18,19)/t13-/m0/s1. The topological polar surface area (TPSA) is 57.6 Å². The number of carboxylic acids is 1. The summed E-state index contributed by atoms with van der Waals surface area (Å²) in [5.74, 6) is -1.17. The van der Waals surface area contributed by atoms with Crippen LogP contribution in [0.1, 0.15) is 23.7 Å². The number of rotatable bonds is 2. The number of hydrogen-bond acceptors (Lipinski definition) is 2. The molecule has 0 spiro atoms. The molecule has 0 bridgehead atoms. The van der Waals surface area contributed by atoms with Crippen LogP contribution in [-0.4, -0.2) is 35.0 Å². The molecule has 1 aliphatic rings. The van der Waals surface area contributed by atoms with E-state index >= 15 is 0 Å². The molecule has 1 heterocycles. The molecule has 0 aliphatic carbocycles. The molecule has 1 atom stereocenters. The highest BCUT2D eigenvalue weighted by Gasteiger charge is 2.42. The van der Waals surface area contributed by atoms with Crippen molar-refractivity contribution in [3.8, 4) is 0 Å². The van der Waals surface area contributed by atoms with Gasteiger partial charge in [-0.1, -0.05) is 29.3 Å². The van der Waals surface area contributed by atoms with E-state index in [-0.39, 0.29) is 17.5 Å². The second-order valence-corrected chi connectivity index (χ2v) is 5.73. The predicted octanol–water partition coefficient (Wildman–Crippen LogP) is 2.93. The van der Waals surface area contributed by atoms with Crippen molar-refractivity contribution in [2.45, 2.75) is 13.3 Å². The van der Waals surface area contributed by atoms with Gasteiger partial charge in [0, 0.05) is 13.1 Å². The molecule has 102 valence electrons. The van der Waals surface area contributed by atoms with E-state index in [1.165, 1.54) is 4.90 Å². The molecule has 1 fully saturated rings. The molecule has 0 saturated carbocycles.